The molecule has 0 saturated heterocycles. The number of hydrogen-bond acceptors (Lipinski definition) is 3. The topological polar surface area (TPSA) is 62.2 Å². The molecule has 0 bridgehead atoms. The van der Waals surface area contributed by atoms with Crippen LogP contribution < -0.4 is 5.32 Å². The van der Waals surface area contributed by atoms with E-state index in [0.717, 1.165) is 24.8 Å². The summed E-state index contributed by atoms with van der Waals surface area (Å²) in [6.45, 7) is 4.52. The van der Waals surface area contributed by atoms with E-state index in [9.17, 15) is 4.79 Å². The molecule has 0 aromatic carbocycles. The maximum Gasteiger partial charge on any atom is 0.270 e. The zero-order valence-electron chi connectivity index (χ0n) is 12.6. The molecule has 0 radical (unpaired) electrons. The van der Waals surface area contributed by atoms with Gasteiger partial charge in [-0.25, -0.2) is 4.98 Å². The molecule has 4 heteroatoms. The van der Waals surface area contributed by atoms with Crippen LogP contribution >= 0.6 is 0 Å². The molecule has 1 aliphatic rings. The summed E-state index contributed by atoms with van der Waals surface area (Å²) in [5.41, 5.74) is 1.49. The minimum atomic E-state index is -0.118. The van der Waals surface area contributed by atoms with Crippen molar-refractivity contribution >= 4 is 5.91 Å². The molecule has 0 aliphatic heterocycles. The third-order valence-electron chi connectivity index (χ3n) is 3.77. The van der Waals surface area contributed by atoms with Gasteiger partial charge in [-0.2, -0.15) is 0 Å². The van der Waals surface area contributed by atoms with Gasteiger partial charge >= 0.3 is 0 Å². The minimum absolute atomic E-state index is 0.0542. The van der Waals surface area contributed by atoms with Crippen molar-refractivity contribution in [2.75, 3.05) is 6.61 Å². The van der Waals surface area contributed by atoms with E-state index in [4.69, 9.17) is 5.11 Å². The summed E-state index contributed by atoms with van der Waals surface area (Å²) in [5.74, 6) is 5.60. The fraction of sp³-hybridized carbons (Fsp3) is 0.529. The van der Waals surface area contributed by atoms with Crippen molar-refractivity contribution < 1.29 is 9.90 Å². The summed E-state index contributed by atoms with van der Waals surface area (Å²) in [6.07, 6.45) is 5.23. The molecular formula is C17H22N2O2. The first kappa shape index (κ1) is 15.5. The maximum absolute atomic E-state index is 12.1. The summed E-state index contributed by atoms with van der Waals surface area (Å²) >= 11 is 0. The zero-order chi connectivity index (χ0) is 15.3. The molecule has 1 aromatic heterocycles. The van der Waals surface area contributed by atoms with E-state index in [-0.39, 0.29) is 18.6 Å². The third kappa shape index (κ3) is 4.57. The maximum atomic E-state index is 12.1. The number of nitrogens with one attached hydrogen (secondary N) is 1. The Labute approximate surface area is 126 Å². The number of aliphatic hydroxyl groups excluding tert-OH is 1. The molecule has 1 atom stereocenters. The first-order valence-electron chi connectivity index (χ1n) is 7.37. The Balaban J connectivity index is 1.93. The van der Waals surface area contributed by atoms with Crippen molar-refractivity contribution in [1.82, 2.24) is 10.3 Å². The number of carbonyl (C=O) groups excluding carboxylic acids is 1. The van der Waals surface area contributed by atoms with E-state index < -0.39 is 0 Å². The normalized spacial score (nSPS) is 19.7. The smallest absolute Gasteiger partial charge is 0.270 e. The summed E-state index contributed by atoms with van der Waals surface area (Å²) in [7, 11) is 0. The van der Waals surface area contributed by atoms with Gasteiger partial charge in [0.1, 0.15) is 5.69 Å². The van der Waals surface area contributed by atoms with Crippen LogP contribution in [-0.4, -0.2) is 28.6 Å². The van der Waals surface area contributed by atoms with Gasteiger partial charge in [0.2, 0.25) is 0 Å². The molecule has 112 valence electrons. The van der Waals surface area contributed by atoms with Gasteiger partial charge in [0.15, 0.2) is 0 Å². The third-order valence-corrected chi connectivity index (χ3v) is 3.77. The molecule has 4 nitrogen and oxygen atoms in total. The van der Waals surface area contributed by atoms with Crippen molar-refractivity contribution in [2.45, 2.75) is 45.6 Å². The number of aliphatic hydroxyl groups is 1. The molecule has 2 N–H and O–H groups in total. The van der Waals surface area contributed by atoms with E-state index in [1.54, 1.807) is 18.3 Å². The second-order valence-corrected chi connectivity index (χ2v) is 6.28. The minimum Gasteiger partial charge on any atom is -0.395 e. The molecule has 1 saturated carbocycles. The van der Waals surface area contributed by atoms with Crippen LogP contribution in [0.25, 0.3) is 0 Å². The predicted molar refractivity (Wildman–Crippen MR) is 81.7 cm³/mol. The van der Waals surface area contributed by atoms with E-state index in [2.05, 4.69) is 36.0 Å². The largest absolute Gasteiger partial charge is 0.395 e. The Bertz CT molecular complexity index is 552. The molecule has 21 heavy (non-hydrogen) atoms. The molecular weight excluding hydrogens is 264 g/mol. The number of nitrogens with zero attached hydrogens (tertiary/aromatic N) is 1. The Morgan fingerprint density at radius 1 is 1.52 bits per heavy atom. The highest BCUT2D eigenvalue weighted by Crippen LogP contribution is 2.36. The summed E-state index contributed by atoms with van der Waals surface area (Å²) in [5, 5.41) is 11.7. The van der Waals surface area contributed by atoms with Gasteiger partial charge in [-0.05, 0) is 36.8 Å². The van der Waals surface area contributed by atoms with Gasteiger partial charge in [-0.1, -0.05) is 25.7 Å². The average Bonchev–Trinajstić information content (AvgIpc) is 2.79. The number of pyridine rings is 1. The van der Waals surface area contributed by atoms with Gasteiger partial charge in [-0.15, -0.1) is 0 Å². The second kappa shape index (κ2) is 6.73. The number of aromatic nitrogens is 1. The molecule has 1 aliphatic carbocycles. The lowest BCUT2D eigenvalue weighted by atomic mass is 9.92. The van der Waals surface area contributed by atoms with Crippen molar-refractivity contribution in [3.05, 3.63) is 29.6 Å². The van der Waals surface area contributed by atoms with Gasteiger partial charge < -0.3 is 10.4 Å². The van der Waals surface area contributed by atoms with E-state index in [1.807, 2.05) is 0 Å². The first-order valence-corrected chi connectivity index (χ1v) is 7.37. The van der Waals surface area contributed by atoms with Gasteiger partial charge in [0, 0.05) is 24.2 Å². The lowest BCUT2D eigenvalue weighted by Gasteiger charge is -2.17. The van der Waals surface area contributed by atoms with Crippen LogP contribution in [0, 0.1) is 17.3 Å². The lowest BCUT2D eigenvalue weighted by molar-refractivity contribution is 0.0931. The highest BCUT2D eigenvalue weighted by atomic mass is 16.2. The SMILES string of the molecule is CC1(C)CCC(NC(=O)c2ccc(C#CCCO)cn2)C1. The fourth-order valence-electron chi connectivity index (χ4n) is 2.64. The number of carbonyl (C=O) groups is 1. The van der Waals surface area contributed by atoms with Gasteiger partial charge in [-0.3, -0.25) is 4.79 Å². The molecule has 1 unspecified atom stereocenters. The van der Waals surface area contributed by atoms with Crippen LogP contribution in [-0.2, 0) is 0 Å². The van der Waals surface area contributed by atoms with E-state index >= 15 is 0 Å². The van der Waals surface area contributed by atoms with Crippen LogP contribution in [0.1, 0.15) is 55.6 Å². The van der Waals surface area contributed by atoms with E-state index in [0.29, 0.717) is 17.5 Å². The van der Waals surface area contributed by atoms with Crippen molar-refractivity contribution in [2.24, 2.45) is 5.41 Å². The van der Waals surface area contributed by atoms with Crippen LogP contribution in [0.5, 0.6) is 0 Å². The van der Waals surface area contributed by atoms with Crippen molar-refractivity contribution in [3.63, 3.8) is 0 Å². The Hall–Kier alpha value is -1.86. The first-order chi connectivity index (χ1) is 10.00. The monoisotopic (exact) mass is 286 g/mol. The Morgan fingerprint density at radius 2 is 2.33 bits per heavy atom. The summed E-state index contributed by atoms with van der Waals surface area (Å²) in [6, 6.07) is 3.72. The average molecular weight is 286 g/mol. The van der Waals surface area contributed by atoms with Crippen LogP contribution in [0.2, 0.25) is 0 Å². The Kier molecular flexibility index (Phi) is 4.98. The highest BCUT2D eigenvalue weighted by molar-refractivity contribution is 5.92. The highest BCUT2D eigenvalue weighted by Gasteiger charge is 2.31. The van der Waals surface area contributed by atoms with Crippen LogP contribution in [0.15, 0.2) is 18.3 Å². The van der Waals surface area contributed by atoms with Crippen molar-refractivity contribution in [1.29, 1.82) is 0 Å². The lowest BCUT2D eigenvalue weighted by Crippen LogP contribution is -2.34. The van der Waals surface area contributed by atoms with Gasteiger partial charge in [0.05, 0.1) is 6.61 Å². The quantitative estimate of drug-likeness (QED) is 0.837. The summed E-state index contributed by atoms with van der Waals surface area (Å²) in [4.78, 5) is 16.3. The number of rotatable bonds is 3. The fourth-order valence-corrected chi connectivity index (χ4v) is 2.64. The predicted octanol–water partition coefficient (Wildman–Crippen LogP) is 2.12. The molecule has 1 amide bonds. The molecule has 2 rings (SSSR count). The van der Waals surface area contributed by atoms with Crippen LogP contribution in [0.4, 0.5) is 0 Å². The second-order valence-electron chi connectivity index (χ2n) is 6.28. The molecule has 1 aromatic rings. The number of hydrogen-bond donors (Lipinski definition) is 2. The van der Waals surface area contributed by atoms with Crippen molar-refractivity contribution in [3.8, 4) is 11.8 Å². The molecule has 0 spiro atoms. The van der Waals surface area contributed by atoms with Crippen LogP contribution in [0.3, 0.4) is 0 Å². The summed E-state index contributed by atoms with van der Waals surface area (Å²) < 4.78 is 0. The zero-order valence-corrected chi connectivity index (χ0v) is 12.6. The Morgan fingerprint density at radius 3 is 2.90 bits per heavy atom. The van der Waals surface area contributed by atoms with E-state index in [1.165, 1.54) is 0 Å². The standard InChI is InChI=1S/C17H22N2O2/c1-17(2)9-8-14(11-17)19-16(21)15-7-6-13(12-18-15)5-3-4-10-20/h6-7,12,14,20H,4,8-11H2,1-2H3,(H,19,21). The number of amides is 1. The van der Waals surface area contributed by atoms with Gasteiger partial charge in [0.25, 0.3) is 5.91 Å². The molecule has 1 fully saturated rings. The molecule has 1 heterocycles.